The molecule has 0 heterocycles. The maximum absolute atomic E-state index is 13.9. The van der Waals surface area contributed by atoms with Crippen molar-refractivity contribution < 1.29 is 14.3 Å². The van der Waals surface area contributed by atoms with Gasteiger partial charge in [-0.05, 0) is 43.6 Å². The van der Waals surface area contributed by atoms with Crippen LogP contribution in [0.2, 0.25) is 0 Å². The second kappa shape index (κ2) is 9.43. The lowest BCUT2D eigenvalue weighted by Gasteiger charge is -2.13. The van der Waals surface area contributed by atoms with Crippen LogP contribution in [0.5, 0.6) is 0 Å². The van der Waals surface area contributed by atoms with E-state index in [1.807, 2.05) is 13.2 Å². The van der Waals surface area contributed by atoms with Gasteiger partial charge in [0.25, 0.3) is 5.91 Å². The smallest absolute Gasteiger partial charge is 0.254 e. The van der Waals surface area contributed by atoms with Crippen LogP contribution in [0.25, 0.3) is 0 Å². The summed E-state index contributed by atoms with van der Waals surface area (Å²) in [5.41, 5.74) is 0.520. The van der Waals surface area contributed by atoms with Gasteiger partial charge in [0, 0.05) is 18.0 Å². The molecule has 0 bridgehead atoms. The topological polar surface area (TPSA) is 49.3 Å². The summed E-state index contributed by atoms with van der Waals surface area (Å²) in [6.07, 6.45) is 3.20. The summed E-state index contributed by atoms with van der Waals surface area (Å²) >= 11 is 1.71. The predicted molar refractivity (Wildman–Crippen MR) is 84.9 cm³/mol. The number of aliphatic hydroxyl groups is 1. The third kappa shape index (κ3) is 6.19. The number of thioether (sulfide) groups is 1. The maximum Gasteiger partial charge on any atom is 0.254 e. The Kier molecular flexibility index (Phi) is 7.88. The number of halogens is 1. The summed E-state index contributed by atoms with van der Waals surface area (Å²) in [4.78, 5) is 12.0. The third-order valence-electron chi connectivity index (χ3n) is 2.82. The van der Waals surface area contributed by atoms with Crippen LogP contribution in [0.15, 0.2) is 18.2 Å². The first kappa shape index (κ1) is 17.5. The van der Waals surface area contributed by atoms with Crippen LogP contribution in [-0.4, -0.2) is 35.7 Å². The van der Waals surface area contributed by atoms with Crippen molar-refractivity contribution in [2.45, 2.75) is 25.8 Å². The highest BCUT2D eigenvalue weighted by Crippen LogP contribution is 2.11. The number of rotatable bonds is 6. The van der Waals surface area contributed by atoms with E-state index in [9.17, 15) is 9.18 Å². The molecule has 21 heavy (non-hydrogen) atoms. The Bertz CT molecular complexity index is 537. The molecule has 114 valence electrons. The molecule has 0 aliphatic rings. The molecule has 5 heteroatoms. The highest BCUT2D eigenvalue weighted by atomic mass is 32.2. The quantitative estimate of drug-likeness (QED) is 0.794. The van der Waals surface area contributed by atoms with Gasteiger partial charge >= 0.3 is 0 Å². The number of carbonyl (C=O) groups excluding carboxylic acids is 1. The molecule has 0 saturated carbocycles. The van der Waals surface area contributed by atoms with E-state index in [2.05, 4.69) is 17.2 Å². The molecule has 2 N–H and O–H groups in total. The summed E-state index contributed by atoms with van der Waals surface area (Å²) in [5, 5.41) is 11.4. The number of nitrogens with one attached hydrogen (secondary N) is 1. The lowest BCUT2D eigenvalue weighted by Crippen LogP contribution is -2.33. The zero-order valence-electron chi connectivity index (χ0n) is 12.3. The van der Waals surface area contributed by atoms with Crippen LogP contribution < -0.4 is 5.32 Å². The molecule has 1 aromatic carbocycles. The molecule has 0 fully saturated rings. The van der Waals surface area contributed by atoms with Gasteiger partial charge in [-0.2, -0.15) is 11.8 Å². The minimum Gasteiger partial charge on any atom is -0.395 e. The minimum absolute atomic E-state index is 0.00775. The zero-order chi connectivity index (χ0) is 15.7. The van der Waals surface area contributed by atoms with Gasteiger partial charge in [0.05, 0.1) is 12.2 Å². The van der Waals surface area contributed by atoms with Crippen molar-refractivity contribution >= 4 is 17.7 Å². The fourth-order valence-corrected chi connectivity index (χ4v) is 2.26. The van der Waals surface area contributed by atoms with Gasteiger partial charge in [-0.15, -0.1) is 0 Å². The van der Waals surface area contributed by atoms with Crippen molar-refractivity contribution in [1.82, 2.24) is 5.32 Å². The molecule has 1 rings (SSSR count). The second-order valence-corrected chi connectivity index (χ2v) is 5.61. The molecule has 0 radical (unpaired) electrons. The second-order valence-electron chi connectivity index (χ2n) is 4.63. The highest BCUT2D eigenvalue weighted by Gasteiger charge is 2.14. The number of aliphatic hydroxyl groups excluding tert-OH is 1. The van der Waals surface area contributed by atoms with Crippen LogP contribution >= 0.6 is 11.8 Å². The summed E-state index contributed by atoms with van der Waals surface area (Å²) in [7, 11) is 0. The fourth-order valence-electron chi connectivity index (χ4n) is 1.67. The van der Waals surface area contributed by atoms with Crippen molar-refractivity contribution in [2.75, 3.05) is 18.6 Å². The SMILES string of the molecule is CSCCC(C)NC(=O)c1ccc(C#CCCO)cc1F. The number of amides is 1. The summed E-state index contributed by atoms with van der Waals surface area (Å²) in [6.45, 7) is 1.88. The Morgan fingerprint density at radius 3 is 2.90 bits per heavy atom. The Morgan fingerprint density at radius 2 is 2.29 bits per heavy atom. The first-order valence-corrected chi connectivity index (χ1v) is 8.17. The van der Waals surface area contributed by atoms with Gasteiger partial charge in [0.1, 0.15) is 5.82 Å². The standard InChI is InChI=1S/C16H20FNO2S/c1-12(8-10-21-2)18-16(20)14-7-6-13(11-15(14)17)5-3-4-9-19/h6-7,11-12,19H,4,8-10H2,1-2H3,(H,18,20). The van der Waals surface area contributed by atoms with Crippen LogP contribution in [0.3, 0.4) is 0 Å². The Hall–Kier alpha value is -1.51. The lowest BCUT2D eigenvalue weighted by molar-refractivity contribution is 0.0935. The Morgan fingerprint density at radius 1 is 1.52 bits per heavy atom. The van der Waals surface area contributed by atoms with E-state index in [-0.39, 0.29) is 18.2 Å². The predicted octanol–water partition coefficient (Wildman–Crippen LogP) is 2.43. The molecule has 0 aliphatic carbocycles. The van der Waals surface area contributed by atoms with Crippen LogP contribution in [0.1, 0.15) is 35.7 Å². The third-order valence-corrected chi connectivity index (χ3v) is 3.46. The maximum atomic E-state index is 13.9. The molecule has 1 aromatic rings. The zero-order valence-corrected chi connectivity index (χ0v) is 13.1. The molecule has 0 spiro atoms. The van der Waals surface area contributed by atoms with Crippen molar-refractivity contribution in [3.05, 3.63) is 35.1 Å². The normalized spacial score (nSPS) is 11.4. The highest BCUT2D eigenvalue weighted by molar-refractivity contribution is 7.98. The van der Waals surface area contributed by atoms with Crippen molar-refractivity contribution in [3.63, 3.8) is 0 Å². The molecule has 3 nitrogen and oxygen atoms in total. The minimum atomic E-state index is -0.583. The van der Waals surface area contributed by atoms with Crippen LogP contribution in [-0.2, 0) is 0 Å². The van der Waals surface area contributed by atoms with Crippen molar-refractivity contribution in [3.8, 4) is 11.8 Å². The first-order chi connectivity index (χ1) is 10.1. The van der Waals surface area contributed by atoms with Gasteiger partial charge < -0.3 is 10.4 Å². The Balaban J connectivity index is 2.71. The van der Waals surface area contributed by atoms with Gasteiger partial charge in [0.15, 0.2) is 0 Å². The molecule has 0 aromatic heterocycles. The molecule has 1 amide bonds. The molecule has 1 unspecified atom stereocenters. The Labute approximate surface area is 129 Å². The lowest BCUT2D eigenvalue weighted by atomic mass is 10.1. The van der Waals surface area contributed by atoms with E-state index in [4.69, 9.17) is 5.11 Å². The average Bonchev–Trinajstić information content (AvgIpc) is 2.45. The van der Waals surface area contributed by atoms with Gasteiger partial charge in [-0.1, -0.05) is 11.8 Å². The molecule has 1 atom stereocenters. The van der Waals surface area contributed by atoms with E-state index in [1.54, 1.807) is 17.8 Å². The molecular formula is C16H20FNO2S. The van der Waals surface area contributed by atoms with E-state index in [0.29, 0.717) is 12.0 Å². The monoisotopic (exact) mass is 309 g/mol. The molecular weight excluding hydrogens is 289 g/mol. The summed E-state index contributed by atoms with van der Waals surface area (Å²) < 4.78 is 13.9. The first-order valence-electron chi connectivity index (χ1n) is 6.77. The van der Waals surface area contributed by atoms with E-state index < -0.39 is 11.7 Å². The van der Waals surface area contributed by atoms with Crippen molar-refractivity contribution in [1.29, 1.82) is 0 Å². The van der Waals surface area contributed by atoms with E-state index in [0.717, 1.165) is 12.2 Å². The molecule has 0 aliphatic heterocycles. The van der Waals surface area contributed by atoms with Gasteiger partial charge in [-0.3, -0.25) is 4.79 Å². The van der Waals surface area contributed by atoms with Gasteiger partial charge in [0.2, 0.25) is 0 Å². The average molecular weight is 309 g/mol. The number of hydrogen-bond donors (Lipinski definition) is 2. The van der Waals surface area contributed by atoms with Crippen LogP contribution in [0, 0.1) is 17.7 Å². The summed E-state index contributed by atoms with van der Waals surface area (Å²) in [6, 6.07) is 4.30. The molecule has 0 saturated heterocycles. The fraction of sp³-hybridized carbons (Fsp3) is 0.438. The van der Waals surface area contributed by atoms with E-state index in [1.165, 1.54) is 12.1 Å². The number of hydrogen-bond acceptors (Lipinski definition) is 3. The number of benzene rings is 1. The van der Waals surface area contributed by atoms with Crippen molar-refractivity contribution in [2.24, 2.45) is 0 Å². The largest absolute Gasteiger partial charge is 0.395 e. The van der Waals surface area contributed by atoms with Crippen LogP contribution in [0.4, 0.5) is 4.39 Å². The van der Waals surface area contributed by atoms with E-state index >= 15 is 0 Å². The van der Waals surface area contributed by atoms with Gasteiger partial charge in [-0.25, -0.2) is 4.39 Å². The summed E-state index contributed by atoms with van der Waals surface area (Å²) in [5.74, 6) is 5.41. The number of carbonyl (C=O) groups is 1.